The van der Waals surface area contributed by atoms with Crippen LogP contribution in [0.15, 0.2) is 0 Å². The van der Waals surface area contributed by atoms with E-state index in [2.05, 4.69) is 19.2 Å². The Kier molecular flexibility index (Phi) is 19.8. The first-order chi connectivity index (χ1) is 10.4. The molecule has 21 heavy (non-hydrogen) atoms. The molecule has 0 aliphatic carbocycles. The van der Waals surface area contributed by atoms with Crippen molar-refractivity contribution < 1.29 is 4.74 Å². The first-order valence-electron chi connectivity index (χ1n) is 9.49. The Balaban J connectivity index is 2.90. The van der Waals surface area contributed by atoms with Crippen molar-refractivity contribution in [2.75, 3.05) is 26.3 Å². The minimum Gasteiger partial charge on any atom is -0.381 e. The Morgan fingerprint density at radius 1 is 0.667 bits per heavy atom. The summed E-state index contributed by atoms with van der Waals surface area (Å²) < 4.78 is 5.64. The molecule has 0 saturated heterocycles. The number of rotatable bonds is 18. The molecule has 0 fully saturated rings. The molecule has 0 atom stereocenters. The molecule has 0 aromatic rings. The van der Waals surface area contributed by atoms with Crippen LogP contribution in [0.3, 0.4) is 0 Å². The molecule has 0 rings (SSSR count). The lowest BCUT2D eigenvalue weighted by atomic mass is 10.1. The minimum absolute atomic E-state index is 0.905. The van der Waals surface area contributed by atoms with Crippen LogP contribution in [0.4, 0.5) is 0 Å². The maximum atomic E-state index is 5.64. The summed E-state index contributed by atoms with van der Waals surface area (Å²) in [5, 5.41) is 3.34. The third-order valence-electron chi connectivity index (χ3n) is 3.89. The number of hydrogen-bond donors (Lipinski definition) is 1. The highest BCUT2D eigenvalue weighted by Gasteiger charge is 1.94. The molecule has 1 N–H and O–H groups in total. The van der Waals surface area contributed by atoms with Crippen LogP contribution in [0.25, 0.3) is 0 Å². The lowest BCUT2D eigenvalue weighted by molar-refractivity contribution is 0.127. The molecule has 127 valence electrons. The lowest BCUT2D eigenvalue weighted by Gasteiger charge is -2.05. The van der Waals surface area contributed by atoms with Gasteiger partial charge in [-0.3, -0.25) is 0 Å². The van der Waals surface area contributed by atoms with Gasteiger partial charge in [-0.05, 0) is 32.4 Å². The lowest BCUT2D eigenvalue weighted by Crippen LogP contribution is -2.17. The predicted octanol–water partition coefficient (Wildman–Crippen LogP) is 5.52. The van der Waals surface area contributed by atoms with Crippen LogP contribution in [0, 0.1) is 6.92 Å². The van der Waals surface area contributed by atoms with Crippen molar-refractivity contribution in [2.45, 2.75) is 90.4 Å². The Morgan fingerprint density at radius 2 is 1.19 bits per heavy atom. The molecule has 2 heteroatoms. The molecule has 0 unspecified atom stereocenters. The second-order valence-electron chi connectivity index (χ2n) is 6.11. The van der Waals surface area contributed by atoms with Gasteiger partial charge in [-0.1, -0.05) is 78.1 Å². The van der Waals surface area contributed by atoms with E-state index in [0.717, 1.165) is 39.1 Å². The SMILES string of the molecule is [CH2]CCNCCCOCCCCCCCCCCCCC. The topological polar surface area (TPSA) is 21.3 Å². The summed E-state index contributed by atoms with van der Waals surface area (Å²) in [5.74, 6) is 0. The Morgan fingerprint density at radius 3 is 1.76 bits per heavy atom. The molecule has 0 saturated carbocycles. The van der Waals surface area contributed by atoms with E-state index in [1.807, 2.05) is 0 Å². The predicted molar refractivity (Wildman–Crippen MR) is 94.7 cm³/mol. The minimum atomic E-state index is 0.905. The summed E-state index contributed by atoms with van der Waals surface area (Å²) in [4.78, 5) is 0. The molecule has 0 aromatic carbocycles. The largest absolute Gasteiger partial charge is 0.381 e. The van der Waals surface area contributed by atoms with Crippen LogP contribution < -0.4 is 5.32 Å². The van der Waals surface area contributed by atoms with Crippen molar-refractivity contribution in [3.05, 3.63) is 6.92 Å². The molecule has 0 bridgehead atoms. The van der Waals surface area contributed by atoms with Crippen LogP contribution in [0.5, 0.6) is 0 Å². The standard InChI is InChI=1S/C19H40NO/c1-3-5-6-7-8-9-10-11-12-13-14-18-21-19-15-17-20-16-4-2/h20H,2-19H2,1H3. The Hall–Kier alpha value is -0.0800. The quantitative estimate of drug-likeness (QED) is 0.336. The van der Waals surface area contributed by atoms with Gasteiger partial charge in [-0.15, -0.1) is 0 Å². The molecule has 0 aliphatic heterocycles. The van der Waals surface area contributed by atoms with E-state index in [-0.39, 0.29) is 0 Å². The summed E-state index contributed by atoms with van der Waals surface area (Å²) in [6.45, 7) is 10.0. The molecule has 0 spiro atoms. The second-order valence-corrected chi connectivity index (χ2v) is 6.11. The van der Waals surface area contributed by atoms with Crippen molar-refractivity contribution in [3.8, 4) is 0 Å². The molecule has 0 aromatic heterocycles. The summed E-state index contributed by atoms with van der Waals surface area (Å²) in [6.07, 6.45) is 17.5. The Labute approximate surface area is 134 Å². The average molecular weight is 299 g/mol. The molecule has 2 nitrogen and oxygen atoms in total. The van der Waals surface area contributed by atoms with E-state index in [0.29, 0.717) is 0 Å². The first kappa shape index (κ1) is 20.9. The van der Waals surface area contributed by atoms with Gasteiger partial charge in [0.15, 0.2) is 0 Å². The third kappa shape index (κ3) is 19.9. The smallest absolute Gasteiger partial charge is 0.0478 e. The van der Waals surface area contributed by atoms with E-state index < -0.39 is 0 Å². The van der Waals surface area contributed by atoms with Crippen LogP contribution in [0.2, 0.25) is 0 Å². The number of unbranched alkanes of at least 4 members (excludes halogenated alkanes) is 10. The second kappa shape index (κ2) is 19.9. The van der Waals surface area contributed by atoms with E-state index in [1.54, 1.807) is 0 Å². The van der Waals surface area contributed by atoms with E-state index in [1.165, 1.54) is 70.6 Å². The first-order valence-corrected chi connectivity index (χ1v) is 9.49. The third-order valence-corrected chi connectivity index (χ3v) is 3.89. The maximum Gasteiger partial charge on any atom is 0.0478 e. The van der Waals surface area contributed by atoms with E-state index >= 15 is 0 Å². The van der Waals surface area contributed by atoms with Crippen LogP contribution in [0.1, 0.15) is 90.4 Å². The zero-order valence-electron chi connectivity index (χ0n) is 14.6. The van der Waals surface area contributed by atoms with Crippen molar-refractivity contribution in [1.29, 1.82) is 0 Å². The van der Waals surface area contributed by atoms with Gasteiger partial charge in [-0.2, -0.15) is 0 Å². The van der Waals surface area contributed by atoms with Gasteiger partial charge in [0.2, 0.25) is 0 Å². The van der Waals surface area contributed by atoms with Crippen LogP contribution >= 0.6 is 0 Å². The molecule has 0 aliphatic rings. The zero-order chi connectivity index (χ0) is 15.4. The summed E-state index contributed by atoms with van der Waals surface area (Å²) in [7, 11) is 0. The van der Waals surface area contributed by atoms with Crippen LogP contribution in [-0.2, 0) is 4.74 Å². The average Bonchev–Trinajstić information content (AvgIpc) is 2.50. The van der Waals surface area contributed by atoms with Gasteiger partial charge < -0.3 is 10.1 Å². The van der Waals surface area contributed by atoms with Gasteiger partial charge in [0.05, 0.1) is 0 Å². The fourth-order valence-corrected chi connectivity index (χ4v) is 2.52. The molecular weight excluding hydrogens is 258 g/mol. The molecule has 1 radical (unpaired) electrons. The fraction of sp³-hybridized carbons (Fsp3) is 0.947. The fourth-order valence-electron chi connectivity index (χ4n) is 2.52. The van der Waals surface area contributed by atoms with E-state index in [9.17, 15) is 0 Å². The van der Waals surface area contributed by atoms with E-state index in [4.69, 9.17) is 4.74 Å². The Bertz CT molecular complexity index is 155. The zero-order valence-corrected chi connectivity index (χ0v) is 14.6. The molecular formula is C19H40NO. The van der Waals surface area contributed by atoms with Crippen LogP contribution in [-0.4, -0.2) is 26.3 Å². The molecule has 0 amide bonds. The summed E-state index contributed by atoms with van der Waals surface area (Å²) >= 11 is 0. The van der Waals surface area contributed by atoms with Crippen molar-refractivity contribution >= 4 is 0 Å². The normalized spacial score (nSPS) is 11.1. The van der Waals surface area contributed by atoms with Gasteiger partial charge in [0.1, 0.15) is 0 Å². The van der Waals surface area contributed by atoms with Gasteiger partial charge in [0, 0.05) is 13.2 Å². The van der Waals surface area contributed by atoms with Gasteiger partial charge in [0.25, 0.3) is 0 Å². The van der Waals surface area contributed by atoms with Crippen molar-refractivity contribution in [1.82, 2.24) is 5.32 Å². The number of nitrogens with one attached hydrogen (secondary N) is 1. The van der Waals surface area contributed by atoms with Gasteiger partial charge >= 0.3 is 0 Å². The summed E-state index contributed by atoms with van der Waals surface area (Å²) in [5.41, 5.74) is 0. The van der Waals surface area contributed by atoms with Gasteiger partial charge in [-0.25, -0.2) is 0 Å². The number of hydrogen-bond acceptors (Lipinski definition) is 2. The number of ether oxygens (including phenoxy) is 1. The maximum absolute atomic E-state index is 5.64. The monoisotopic (exact) mass is 298 g/mol. The highest BCUT2D eigenvalue weighted by atomic mass is 16.5. The summed E-state index contributed by atoms with van der Waals surface area (Å²) in [6, 6.07) is 0. The van der Waals surface area contributed by atoms with Crippen molar-refractivity contribution in [2.24, 2.45) is 0 Å². The molecule has 0 heterocycles. The highest BCUT2D eigenvalue weighted by molar-refractivity contribution is 4.50. The van der Waals surface area contributed by atoms with Crippen molar-refractivity contribution in [3.63, 3.8) is 0 Å². The highest BCUT2D eigenvalue weighted by Crippen LogP contribution is 2.11.